The Morgan fingerprint density at radius 1 is 1.18 bits per heavy atom. The van der Waals surface area contributed by atoms with E-state index in [4.69, 9.17) is 4.98 Å². The van der Waals surface area contributed by atoms with Crippen LogP contribution >= 0.6 is 0 Å². The van der Waals surface area contributed by atoms with Crippen molar-refractivity contribution < 1.29 is 9.18 Å². The van der Waals surface area contributed by atoms with Gasteiger partial charge in [0, 0.05) is 55.6 Å². The van der Waals surface area contributed by atoms with E-state index in [2.05, 4.69) is 15.3 Å². The molecule has 0 radical (unpaired) electrons. The molecule has 1 unspecified atom stereocenters. The third-order valence-electron chi connectivity index (χ3n) is 4.79. The number of carbonyl (C=O) groups excluding carboxylic acids is 1. The molecule has 7 heteroatoms. The number of pyridine rings is 1. The number of nitrogens with one attached hydrogen (secondary N) is 1. The summed E-state index contributed by atoms with van der Waals surface area (Å²) in [5.41, 5.74) is 2.21. The van der Waals surface area contributed by atoms with Gasteiger partial charge in [-0.15, -0.1) is 0 Å². The summed E-state index contributed by atoms with van der Waals surface area (Å²) in [7, 11) is 1.80. The minimum absolute atomic E-state index is 0.0485. The van der Waals surface area contributed by atoms with Crippen molar-refractivity contribution in [1.29, 1.82) is 0 Å². The number of likely N-dealkylation sites (N-methyl/N-ethyl adjacent to an activating group) is 1. The third-order valence-corrected chi connectivity index (χ3v) is 4.79. The van der Waals surface area contributed by atoms with Crippen molar-refractivity contribution in [1.82, 2.24) is 19.9 Å². The van der Waals surface area contributed by atoms with Gasteiger partial charge in [0.05, 0.1) is 5.69 Å². The van der Waals surface area contributed by atoms with Gasteiger partial charge in [-0.1, -0.05) is 6.07 Å². The van der Waals surface area contributed by atoms with Crippen LogP contribution in [-0.2, 0) is 4.79 Å². The second-order valence-electron chi connectivity index (χ2n) is 6.88. The Hall–Kier alpha value is -3.35. The Bertz CT molecular complexity index is 995. The smallest absolute Gasteiger partial charge is 0.222 e. The molecule has 1 fully saturated rings. The van der Waals surface area contributed by atoms with Crippen LogP contribution in [0, 0.1) is 5.82 Å². The first kappa shape index (κ1) is 18.0. The third kappa shape index (κ3) is 3.98. The number of hydrogen-bond donors (Lipinski definition) is 1. The Kier molecular flexibility index (Phi) is 4.97. The number of amides is 1. The Balaban J connectivity index is 1.72. The molecule has 142 valence electrons. The molecule has 0 saturated carbocycles. The van der Waals surface area contributed by atoms with Gasteiger partial charge in [-0.05, 0) is 36.8 Å². The molecule has 2 aromatic heterocycles. The van der Waals surface area contributed by atoms with Gasteiger partial charge < -0.3 is 10.2 Å². The van der Waals surface area contributed by atoms with E-state index < -0.39 is 0 Å². The van der Waals surface area contributed by atoms with Gasteiger partial charge in [-0.25, -0.2) is 14.4 Å². The van der Waals surface area contributed by atoms with Crippen LogP contribution in [0.15, 0.2) is 54.9 Å². The Morgan fingerprint density at radius 3 is 2.82 bits per heavy atom. The number of benzene rings is 1. The normalized spacial score (nSPS) is 16.9. The molecule has 1 aliphatic rings. The molecule has 1 amide bonds. The van der Waals surface area contributed by atoms with Crippen LogP contribution in [0.3, 0.4) is 0 Å². The molecule has 1 saturated heterocycles. The predicted octanol–water partition coefficient (Wildman–Crippen LogP) is 3.76. The van der Waals surface area contributed by atoms with E-state index in [0.717, 1.165) is 11.3 Å². The SMILES string of the molecule is CN1CC(c2nc(Nc3cccc(F)c3)cc(-c3cccnc3)n2)CCC1=O. The Morgan fingerprint density at radius 2 is 2.07 bits per heavy atom. The van der Waals surface area contributed by atoms with Gasteiger partial charge in [0.15, 0.2) is 0 Å². The lowest BCUT2D eigenvalue weighted by atomic mass is 9.97. The number of carbonyl (C=O) groups is 1. The topological polar surface area (TPSA) is 71.0 Å². The quantitative estimate of drug-likeness (QED) is 0.750. The van der Waals surface area contributed by atoms with Crippen molar-refractivity contribution in [2.24, 2.45) is 0 Å². The first-order valence-corrected chi connectivity index (χ1v) is 9.14. The number of nitrogens with zero attached hydrogens (tertiary/aromatic N) is 4. The van der Waals surface area contributed by atoms with Crippen molar-refractivity contribution in [3.8, 4) is 11.3 Å². The number of rotatable bonds is 4. The summed E-state index contributed by atoms with van der Waals surface area (Å²) in [6.07, 6.45) is 4.64. The highest BCUT2D eigenvalue weighted by molar-refractivity contribution is 5.77. The molecular weight excluding hydrogens is 357 g/mol. The maximum Gasteiger partial charge on any atom is 0.222 e. The Labute approximate surface area is 162 Å². The van der Waals surface area contributed by atoms with Crippen molar-refractivity contribution in [2.45, 2.75) is 18.8 Å². The summed E-state index contributed by atoms with van der Waals surface area (Å²) in [5.74, 6) is 1.11. The van der Waals surface area contributed by atoms with Crippen LogP contribution in [0.2, 0.25) is 0 Å². The van der Waals surface area contributed by atoms with Crippen LogP contribution in [0.5, 0.6) is 0 Å². The lowest BCUT2D eigenvalue weighted by Crippen LogP contribution is -2.36. The van der Waals surface area contributed by atoms with Crippen molar-refractivity contribution in [2.75, 3.05) is 18.9 Å². The fraction of sp³-hybridized carbons (Fsp3) is 0.238. The van der Waals surface area contributed by atoms with Gasteiger partial charge in [0.2, 0.25) is 5.91 Å². The fourth-order valence-electron chi connectivity index (χ4n) is 3.31. The highest BCUT2D eigenvalue weighted by atomic mass is 19.1. The van der Waals surface area contributed by atoms with Crippen LogP contribution in [0.1, 0.15) is 24.6 Å². The molecule has 1 aliphatic heterocycles. The molecule has 28 heavy (non-hydrogen) atoms. The van der Waals surface area contributed by atoms with E-state index in [1.165, 1.54) is 12.1 Å². The minimum Gasteiger partial charge on any atom is -0.345 e. The van der Waals surface area contributed by atoms with Crippen molar-refractivity contribution in [3.63, 3.8) is 0 Å². The summed E-state index contributed by atoms with van der Waals surface area (Å²) >= 11 is 0. The van der Waals surface area contributed by atoms with Gasteiger partial charge >= 0.3 is 0 Å². The highest BCUT2D eigenvalue weighted by Gasteiger charge is 2.27. The fourth-order valence-corrected chi connectivity index (χ4v) is 3.31. The van der Waals surface area contributed by atoms with Crippen molar-refractivity contribution in [3.05, 3.63) is 66.5 Å². The van der Waals surface area contributed by atoms with E-state index in [-0.39, 0.29) is 17.6 Å². The van der Waals surface area contributed by atoms with E-state index >= 15 is 0 Å². The van der Waals surface area contributed by atoms with Gasteiger partial charge in [-0.3, -0.25) is 9.78 Å². The lowest BCUT2D eigenvalue weighted by molar-refractivity contribution is -0.132. The number of likely N-dealkylation sites (tertiary alicyclic amines) is 1. The summed E-state index contributed by atoms with van der Waals surface area (Å²) in [6, 6.07) is 11.8. The van der Waals surface area contributed by atoms with E-state index in [1.54, 1.807) is 36.5 Å². The first-order valence-electron chi connectivity index (χ1n) is 9.14. The first-order chi connectivity index (χ1) is 13.6. The zero-order chi connectivity index (χ0) is 19.5. The molecule has 0 aliphatic carbocycles. The van der Waals surface area contributed by atoms with Gasteiger partial charge in [-0.2, -0.15) is 0 Å². The molecular formula is C21H20FN5O. The summed E-state index contributed by atoms with van der Waals surface area (Å²) in [4.78, 5) is 27.1. The molecule has 0 spiro atoms. The number of hydrogen-bond acceptors (Lipinski definition) is 5. The van der Waals surface area contributed by atoms with Crippen LogP contribution in [-0.4, -0.2) is 39.4 Å². The number of anilines is 2. The molecule has 6 nitrogen and oxygen atoms in total. The molecule has 3 heterocycles. The molecule has 1 N–H and O–H groups in total. The molecule has 0 bridgehead atoms. The van der Waals surface area contributed by atoms with Crippen LogP contribution < -0.4 is 5.32 Å². The predicted molar refractivity (Wildman–Crippen MR) is 105 cm³/mol. The largest absolute Gasteiger partial charge is 0.345 e. The van der Waals surface area contributed by atoms with Crippen LogP contribution in [0.4, 0.5) is 15.9 Å². The molecule has 1 atom stereocenters. The summed E-state index contributed by atoms with van der Waals surface area (Å²) in [5, 5.41) is 3.16. The average molecular weight is 377 g/mol. The van der Waals surface area contributed by atoms with Crippen molar-refractivity contribution >= 4 is 17.4 Å². The number of piperidine rings is 1. The summed E-state index contributed by atoms with van der Waals surface area (Å²) in [6.45, 7) is 0.578. The second-order valence-corrected chi connectivity index (χ2v) is 6.88. The number of aromatic nitrogens is 3. The zero-order valence-corrected chi connectivity index (χ0v) is 15.5. The standard InChI is InChI=1S/C21H20FN5O/c1-27-13-15(7-8-20(27)28)21-25-18(14-4-3-9-23-12-14)11-19(26-21)24-17-6-2-5-16(22)10-17/h2-6,9-12,15H,7-8,13H2,1H3,(H,24,25,26). The van der Waals surface area contributed by atoms with E-state index in [1.807, 2.05) is 18.2 Å². The highest BCUT2D eigenvalue weighted by Crippen LogP contribution is 2.29. The zero-order valence-electron chi connectivity index (χ0n) is 15.5. The molecule has 1 aromatic carbocycles. The average Bonchev–Trinajstić information content (AvgIpc) is 2.70. The van der Waals surface area contributed by atoms with Crippen LogP contribution in [0.25, 0.3) is 11.3 Å². The maximum absolute atomic E-state index is 13.5. The van der Waals surface area contributed by atoms with E-state index in [0.29, 0.717) is 36.7 Å². The second kappa shape index (κ2) is 7.72. The lowest BCUT2D eigenvalue weighted by Gasteiger charge is -2.29. The van der Waals surface area contributed by atoms with Gasteiger partial charge in [0.1, 0.15) is 17.5 Å². The monoisotopic (exact) mass is 377 g/mol. The summed E-state index contributed by atoms with van der Waals surface area (Å²) < 4.78 is 13.5. The van der Waals surface area contributed by atoms with Gasteiger partial charge in [0.25, 0.3) is 0 Å². The minimum atomic E-state index is -0.320. The number of halogens is 1. The molecule has 3 aromatic rings. The maximum atomic E-state index is 13.5. The molecule has 4 rings (SSSR count). The van der Waals surface area contributed by atoms with E-state index in [9.17, 15) is 9.18 Å².